The first-order chi connectivity index (χ1) is 11.5. The van der Waals surface area contributed by atoms with Crippen LogP contribution < -0.4 is 10.9 Å². The third kappa shape index (κ3) is 3.65. The minimum absolute atomic E-state index is 0.0839. The van der Waals surface area contributed by atoms with E-state index in [1.165, 1.54) is 23.4 Å². The SMILES string of the molecule is Cc1ccc(CNC(=O)CSc2nnc3[nH]c(=O)cc(C)n23)cc1. The number of H-pyrrole nitrogens is 1. The molecule has 0 aliphatic carbocycles. The number of aryl methyl sites for hydroxylation is 2. The molecule has 1 amide bonds. The van der Waals surface area contributed by atoms with E-state index < -0.39 is 0 Å². The molecule has 0 atom stereocenters. The quantitative estimate of drug-likeness (QED) is 0.684. The molecule has 8 heteroatoms. The Labute approximate surface area is 142 Å². The number of nitrogens with zero attached hydrogens (tertiary/aromatic N) is 3. The number of hydrogen-bond acceptors (Lipinski definition) is 5. The van der Waals surface area contributed by atoms with Crippen LogP contribution in [0, 0.1) is 13.8 Å². The van der Waals surface area contributed by atoms with Crippen molar-refractivity contribution in [1.29, 1.82) is 0 Å². The van der Waals surface area contributed by atoms with E-state index in [0.29, 0.717) is 17.5 Å². The third-order valence-corrected chi connectivity index (χ3v) is 4.43. The van der Waals surface area contributed by atoms with Gasteiger partial charge in [0, 0.05) is 18.3 Å². The predicted molar refractivity (Wildman–Crippen MR) is 92.1 cm³/mol. The Morgan fingerprint density at radius 1 is 1.25 bits per heavy atom. The Hall–Kier alpha value is -2.61. The van der Waals surface area contributed by atoms with Crippen LogP contribution in [0.3, 0.4) is 0 Å². The van der Waals surface area contributed by atoms with Crippen LogP contribution in [0.2, 0.25) is 0 Å². The number of carbonyl (C=O) groups is 1. The lowest BCUT2D eigenvalue weighted by atomic mass is 10.1. The number of thioether (sulfide) groups is 1. The van der Waals surface area contributed by atoms with Gasteiger partial charge in [0.2, 0.25) is 11.7 Å². The average Bonchev–Trinajstić information content (AvgIpc) is 2.95. The smallest absolute Gasteiger partial charge is 0.252 e. The maximum atomic E-state index is 12.0. The molecule has 0 radical (unpaired) electrons. The van der Waals surface area contributed by atoms with Gasteiger partial charge in [0.25, 0.3) is 5.56 Å². The molecule has 3 rings (SSSR count). The molecule has 0 saturated carbocycles. The molecule has 7 nitrogen and oxygen atoms in total. The van der Waals surface area contributed by atoms with Gasteiger partial charge in [-0.15, -0.1) is 10.2 Å². The minimum Gasteiger partial charge on any atom is -0.351 e. The third-order valence-electron chi connectivity index (χ3n) is 3.50. The summed E-state index contributed by atoms with van der Waals surface area (Å²) in [7, 11) is 0. The molecule has 1 aromatic carbocycles. The van der Waals surface area contributed by atoms with E-state index in [2.05, 4.69) is 20.5 Å². The molecule has 2 N–H and O–H groups in total. The van der Waals surface area contributed by atoms with Crippen molar-refractivity contribution in [3.8, 4) is 0 Å². The van der Waals surface area contributed by atoms with Crippen LogP contribution in [0.4, 0.5) is 0 Å². The topological polar surface area (TPSA) is 92.2 Å². The molecule has 0 bridgehead atoms. The highest BCUT2D eigenvalue weighted by Gasteiger charge is 2.11. The summed E-state index contributed by atoms with van der Waals surface area (Å²) in [5, 5.41) is 11.4. The van der Waals surface area contributed by atoms with E-state index in [1.54, 1.807) is 11.3 Å². The van der Waals surface area contributed by atoms with Crippen LogP contribution in [-0.2, 0) is 11.3 Å². The fourth-order valence-corrected chi connectivity index (χ4v) is 3.07. The molecular formula is C16H17N5O2S. The van der Waals surface area contributed by atoms with E-state index in [9.17, 15) is 9.59 Å². The van der Waals surface area contributed by atoms with Crippen molar-refractivity contribution in [1.82, 2.24) is 24.9 Å². The standard InChI is InChI=1S/C16H17N5O2S/c1-10-3-5-12(6-4-10)8-17-14(23)9-24-16-20-19-15-18-13(22)7-11(2)21(15)16/h3-7H,8-9H2,1-2H3,(H,17,23)(H,18,19,22). The van der Waals surface area contributed by atoms with Crippen molar-refractivity contribution in [2.75, 3.05) is 5.75 Å². The Kier molecular flexibility index (Phi) is 4.66. The summed E-state index contributed by atoms with van der Waals surface area (Å²) in [6, 6.07) is 9.49. The number of aromatic nitrogens is 4. The lowest BCUT2D eigenvalue weighted by Crippen LogP contribution is -2.24. The summed E-state index contributed by atoms with van der Waals surface area (Å²) in [4.78, 5) is 26.0. The molecule has 3 aromatic rings. The van der Waals surface area contributed by atoms with E-state index >= 15 is 0 Å². The van der Waals surface area contributed by atoms with Crippen LogP contribution in [0.15, 0.2) is 40.3 Å². The molecule has 2 aromatic heterocycles. The van der Waals surface area contributed by atoms with Crippen LogP contribution >= 0.6 is 11.8 Å². The summed E-state index contributed by atoms with van der Waals surface area (Å²) in [6.45, 7) is 4.32. The Morgan fingerprint density at radius 3 is 2.75 bits per heavy atom. The zero-order valence-corrected chi connectivity index (χ0v) is 14.2. The van der Waals surface area contributed by atoms with Crippen molar-refractivity contribution in [3.05, 3.63) is 57.5 Å². The summed E-state index contributed by atoms with van der Waals surface area (Å²) >= 11 is 1.28. The summed E-state index contributed by atoms with van der Waals surface area (Å²) in [6.07, 6.45) is 0. The lowest BCUT2D eigenvalue weighted by molar-refractivity contribution is -0.118. The number of rotatable bonds is 5. The Morgan fingerprint density at radius 2 is 2.00 bits per heavy atom. The number of hydrogen-bond donors (Lipinski definition) is 2. The molecule has 124 valence electrons. The Balaban J connectivity index is 1.60. The molecule has 24 heavy (non-hydrogen) atoms. The van der Waals surface area contributed by atoms with E-state index in [0.717, 1.165) is 11.3 Å². The van der Waals surface area contributed by atoms with Crippen molar-refractivity contribution >= 4 is 23.4 Å². The molecule has 0 aliphatic rings. The molecule has 2 heterocycles. The van der Waals surface area contributed by atoms with E-state index in [1.807, 2.05) is 31.2 Å². The van der Waals surface area contributed by atoms with Crippen molar-refractivity contribution in [3.63, 3.8) is 0 Å². The summed E-state index contributed by atoms with van der Waals surface area (Å²) in [5.41, 5.74) is 2.74. The number of amides is 1. The van der Waals surface area contributed by atoms with Gasteiger partial charge in [-0.3, -0.25) is 19.0 Å². The Bertz CT molecular complexity index is 930. The molecule has 0 saturated heterocycles. The molecule has 0 unspecified atom stereocenters. The first kappa shape index (κ1) is 16.3. The van der Waals surface area contributed by atoms with Crippen molar-refractivity contribution < 1.29 is 4.79 Å². The number of carbonyl (C=O) groups excluding carboxylic acids is 1. The van der Waals surface area contributed by atoms with Crippen LogP contribution in [0.1, 0.15) is 16.8 Å². The maximum Gasteiger partial charge on any atom is 0.252 e. The molecule has 0 spiro atoms. The fourth-order valence-electron chi connectivity index (χ4n) is 2.25. The van der Waals surface area contributed by atoms with Gasteiger partial charge in [0.05, 0.1) is 5.75 Å². The number of benzene rings is 1. The van der Waals surface area contributed by atoms with Crippen LogP contribution in [0.5, 0.6) is 0 Å². The monoisotopic (exact) mass is 343 g/mol. The zero-order chi connectivity index (χ0) is 17.1. The van der Waals surface area contributed by atoms with Gasteiger partial charge in [-0.25, -0.2) is 0 Å². The highest BCUT2D eigenvalue weighted by Crippen LogP contribution is 2.16. The van der Waals surface area contributed by atoms with E-state index in [-0.39, 0.29) is 17.2 Å². The van der Waals surface area contributed by atoms with Crippen LogP contribution in [-0.4, -0.2) is 31.2 Å². The van der Waals surface area contributed by atoms with Crippen molar-refractivity contribution in [2.45, 2.75) is 25.5 Å². The second-order valence-electron chi connectivity index (χ2n) is 5.47. The first-order valence-corrected chi connectivity index (χ1v) is 8.41. The van der Waals surface area contributed by atoms with Crippen molar-refractivity contribution in [2.24, 2.45) is 0 Å². The van der Waals surface area contributed by atoms with Gasteiger partial charge in [-0.1, -0.05) is 41.6 Å². The maximum absolute atomic E-state index is 12.0. The summed E-state index contributed by atoms with van der Waals surface area (Å²) in [5.74, 6) is 0.521. The lowest BCUT2D eigenvalue weighted by Gasteiger charge is -2.06. The van der Waals surface area contributed by atoms with Crippen LogP contribution in [0.25, 0.3) is 5.78 Å². The highest BCUT2D eigenvalue weighted by molar-refractivity contribution is 7.99. The normalized spacial score (nSPS) is 10.9. The molecule has 0 aliphatic heterocycles. The number of aromatic amines is 1. The number of nitrogens with one attached hydrogen (secondary N) is 2. The van der Waals surface area contributed by atoms with E-state index in [4.69, 9.17) is 0 Å². The highest BCUT2D eigenvalue weighted by atomic mass is 32.2. The molecular weight excluding hydrogens is 326 g/mol. The van der Waals surface area contributed by atoms with Gasteiger partial charge < -0.3 is 5.32 Å². The largest absolute Gasteiger partial charge is 0.351 e. The van der Waals surface area contributed by atoms with Gasteiger partial charge in [0.1, 0.15) is 0 Å². The fraction of sp³-hybridized carbons (Fsp3) is 0.250. The predicted octanol–water partition coefficient (Wildman–Crippen LogP) is 1.44. The van der Waals surface area contributed by atoms with Gasteiger partial charge >= 0.3 is 0 Å². The summed E-state index contributed by atoms with van der Waals surface area (Å²) < 4.78 is 1.72. The van der Waals surface area contributed by atoms with Gasteiger partial charge in [-0.05, 0) is 19.4 Å². The first-order valence-electron chi connectivity index (χ1n) is 7.43. The second-order valence-corrected chi connectivity index (χ2v) is 6.41. The number of fused-ring (bicyclic) bond motifs is 1. The minimum atomic E-state index is -0.222. The van der Waals surface area contributed by atoms with Gasteiger partial charge in [-0.2, -0.15) is 0 Å². The average molecular weight is 343 g/mol. The zero-order valence-electron chi connectivity index (χ0n) is 13.4. The molecule has 0 fully saturated rings. The second kappa shape index (κ2) is 6.88. The van der Waals surface area contributed by atoms with Gasteiger partial charge in [0.15, 0.2) is 5.16 Å².